The first-order valence-electron chi connectivity index (χ1n) is 8.47. The Kier molecular flexibility index (Phi) is 4.80. The van der Waals surface area contributed by atoms with Crippen LogP contribution in [-0.2, 0) is 4.79 Å². The lowest BCUT2D eigenvalue weighted by atomic mass is 9.86. The van der Waals surface area contributed by atoms with Crippen LogP contribution < -0.4 is 9.63 Å². The van der Waals surface area contributed by atoms with Crippen LogP contribution in [0.1, 0.15) is 38.5 Å². The molecule has 0 spiro atoms. The van der Waals surface area contributed by atoms with Crippen molar-refractivity contribution in [3.8, 4) is 0 Å². The second-order valence-corrected chi connectivity index (χ2v) is 6.48. The molecule has 1 N–H and O–H groups in total. The van der Waals surface area contributed by atoms with Gasteiger partial charge in [-0.05, 0) is 24.8 Å². The average molecular weight is 304 g/mol. The molecule has 2 heterocycles. The number of aromatic nitrogens is 1. The second kappa shape index (κ2) is 6.99. The number of anilines is 1. The van der Waals surface area contributed by atoms with Crippen LogP contribution in [0.15, 0.2) is 24.4 Å². The van der Waals surface area contributed by atoms with Crippen molar-refractivity contribution in [3.63, 3.8) is 0 Å². The van der Waals surface area contributed by atoms with E-state index >= 15 is 0 Å². The zero-order valence-electron chi connectivity index (χ0n) is 13.2. The molecule has 22 heavy (non-hydrogen) atoms. The summed E-state index contributed by atoms with van der Waals surface area (Å²) in [4.78, 5) is 16.6. The Hall–Kier alpha value is -1.78. The Morgan fingerprint density at radius 2 is 1.86 bits per heavy atom. The number of carbonyl (C=O) groups is 1. The summed E-state index contributed by atoms with van der Waals surface area (Å²) < 4.78 is 1.15. The number of hydrogen-bond acceptors (Lipinski definition) is 3. The topological polar surface area (TPSA) is 47.7 Å². The molecule has 3 rings (SSSR count). The van der Waals surface area contributed by atoms with E-state index in [0.29, 0.717) is 11.8 Å². The molecule has 1 aromatic rings. The predicted octanol–water partition coefficient (Wildman–Crippen LogP) is 1.83. The van der Waals surface area contributed by atoms with Crippen molar-refractivity contribution in [3.05, 3.63) is 24.4 Å². The summed E-state index contributed by atoms with van der Waals surface area (Å²) in [5, 5.41) is 9.85. The Bertz CT molecular complexity index is 506. The van der Waals surface area contributed by atoms with Crippen LogP contribution in [0, 0.1) is 5.92 Å². The maximum atomic E-state index is 12.4. The van der Waals surface area contributed by atoms with Crippen molar-refractivity contribution in [1.82, 2.24) is 4.90 Å². The third kappa shape index (κ3) is 3.51. The standard InChI is InChI=1S/C17H26N3O2/c21-17(14-15-6-2-1-3-7-15)19-12-10-18(11-13-19)16-8-4-5-9-20(16)22/h4-5,8-9,15,22H,1-3,6-7,10-14H2/q+1. The zero-order chi connectivity index (χ0) is 15.4. The first kappa shape index (κ1) is 15.1. The molecule has 1 amide bonds. The number of amides is 1. The van der Waals surface area contributed by atoms with Crippen LogP contribution in [0.4, 0.5) is 5.82 Å². The van der Waals surface area contributed by atoms with Gasteiger partial charge in [-0.25, -0.2) is 0 Å². The lowest BCUT2D eigenvalue weighted by Gasteiger charge is -2.32. The largest absolute Gasteiger partial charge is 0.350 e. The van der Waals surface area contributed by atoms with Crippen LogP contribution in [0.5, 0.6) is 0 Å². The van der Waals surface area contributed by atoms with Crippen molar-refractivity contribution in [2.24, 2.45) is 5.92 Å². The highest BCUT2D eigenvalue weighted by Gasteiger charge is 2.29. The van der Waals surface area contributed by atoms with Gasteiger partial charge < -0.3 is 10.1 Å². The lowest BCUT2D eigenvalue weighted by molar-refractivity contribution is -0.894. The second-order valence-electron chi connectivity index (χ2n) is 6.48. The molecule has 0 unspecified atom stereocenters. The minimum Gasteiger partial charge on any atom is -0.350 e. The molecule has 0 atom stereocenters. The number of rotatable bonds is 3. The van der Waals surface area contributed by atoms with Crippen molar-refractivity contribution in [2.45, 2.75) is 38.5 Å². The lowest BCUT2D eigenvalue weighted by Crippen LogP contribution is -2.52. The van der Waals surface area contributed by atoms with Crippen molar-refractivity contribution in [1.29, 1.82) is 0 Å². The maximum Gasteiger partial charge on any atom is 0.316 e. The van der Waals surface area contributed by atoms with Crippen LogP contribution in [0.25, 0.3) is 0 Å². The predicted molar refractivity (Wildman–Crippen MR) is 83.8 cm³/mol. The van der Waals surface area contributed by atoms with E-state index in [9.17, 15) is 10.0 Å². The molecule has 1 saturated carbocycles. The fourth-order valence-electron chi connectivity index (χ4n) is 3.63. The van der Waals surface area contributed by atoms with Gasteiger partial charge in [0.2, 0.25) is 5.91 Å². The SMILES string of the molecule is O=C(CC1CCCCC1)N1CCN(c2cccc[n+]2O)CC1. The van der Waals surface area contributed by atoms with E-state index in [2.05, 4.69) is 4.90 Å². The summed E-state index contributed by atoms with van der Waals surface area (Å²) in [5.74, 6) is 1.71. The van der Waals surface area contributed by atoms with E-state index in [1.54, 1.807) is 12.3 Å². The molecule has 1 aliphatic heterocycles. The number of hydrogen-bond donors (Lipinski definition) is 1. The van der Waals surface area contributed by atoms with E-state index in [1.807, 2.05) is 17.0 Å². The summed E-state index contributed by atoms with van der Waals surface area (Å²) >= 11 is 0. The molecule has 1 saturated heterocycles. The Morgan fingerprint density at radius 1 is 1.14 bits per heavy atom. The third-order valence-corrected chi connectivity index (χ3v) is 4.96. The molecule has 5 heteroatoms. The zero-order valence-corrected chi connectivity index (χ0v) is 13.2. The van der Waals surface area contributed by atoms with Gasteiger partial charge in [-0.3, -0.25) is 9.69 Å². The normalized spacial score (nSPS) is 20.2. The van der Waals surface area contributed by atoms with Gasteiger partial charge in [0.25, 0.3) is 0 Å². The highest BCUT2D eigenvalue weighted by molar-refractivity contribution is 5.76. The molecule has 0 radical (unpaired) electrons. The van der Waals surface area contributed by atoms with E-state index < -0.39 is 0 Å². The van der Waals surface area contributed by atoms with Crippen LogP contribution in [0.2, 0.25) is 0 Å². The minimum absolute atomic E-state index is 0.316. The van der Waals surface area contributed by atoms with E-state index in [1.165, 1.54) is 32.1 Å². The monoisotopic (exact) mass is 304 g/mol. The van der Waals surface area contributed by atoms with E-state index in [0.717, 1.165) is 43.1 Å². The van der Waals surface area contributed by atoms with Gasteiger partial charge in [-0.1, -0.05) is 30.1 Å². The summed E-state index contributed by atoms with van der Waals surface area (Å²) in [7, 11) is 0. The van der Waals surface area contributed by atoms with Gasteiger partial charge in [0.15, 0.2) is 0 Å². The highest BCUT2D eigenvalue weighted by atomic mass is 16.5. The van der Waals surface area contributed by atoms with Gasteiger partial charge in [0, 0.05) is 12.5 Å². The molecule has 2 fully saturated rings. The molecule has 1 aliphatic carbocycles. The maximum absolute atomic E-state index is 12.4. The Balaban J connectivity index is 1.51. The van der Waals surface area contributed by atoms with Gasteiger partial charge in [-0.2, -0.15) is 0 Å². The molecule has 120 valence electrons. The third-order valence-electron chi connectivity index (χ3n) is 4.96. The van der Waals surface area contributed by atoms with Crippen molar-refractivity contribution in [2.75, 3.05) is 31.1 Å². The quantitative estimate of drug-likeness (QED) is 0.684. The highest BCUT2D eigenvalue weighted by Crippen LogP contribution is 2.27. The van der Waals surface area contributed by atoms with E-state index in [-0.39, 0.29) is 0 Å². The van der Waals surface area contributed by atoms with Crippen molar-refractivity contribution >= 4 is 11.7 Å². The number of pyridine rings is 1. The van der Waals surface area contributed by atoms with Crippen LogP contribution >= 0.6 is 0 Å². The van der Waals surface area contributed by atoms with Crippen molar-refractivity contribution < 1.29 is 14.7 Å². The van der Waals surface area contributed by atoms with E-state index in [4.69, 9.17) is 0 Å². The van der Waals surface area contributed by atoms with Crippen LogP contribution in [-0.4, -0.2) is 42.2 Å². The number of carbonyl (C=O) groups excluding carboxylic acids is 1. The molecule has 0 aromatic carbocycles. The van der Waals surface area contributed by atoms with Gasteiger partial charge in [0.1, 0.15) is 19.3 Å². The molecule has 5 nitrogen and oxygen atoms in total. The summed E-state index contributed by atoms with van der Waals surface area (Å²) in [6.45, 7) is 3.06. The minimum atomic E-state index is 0.316. The summed E-state index contributed by atoms with van der Waals surface area (Å²) in [5.41, 5.74) is 0. The molecule has 2 aliphatic rings. The van der Waals surface area contributed by atoms with Gasteiger partial charge >= 0.3 is 5.82 Å². The molecular formula is C17H26N3O2+. The number of nitrogens with zero attached hydrogens (tertiary/aromatic N) is 3. The Morgan fingerprint density at radius 3 is 2.55 bits per heavy atom. The number of piperazine rings is 1. The fraction of sp³-hybridized carbons (Fsp3) is 0.647. The molecule has 0 bridgehead atoms. The van der Waals surface area contributed by atoms with Gasteiger partial charge in [0.05, 0.1) is 13.1 Å². The molecular weight excluding hydrogens is 278 g/mol. The Labute approximate surface area is 132 Å². The summed E-state index contributed by atoms with van der Waals surface area (Å²) in [6, 6.07) is 5.62. The first-order chi connectivity index (χ1) is 10.7. The fourth-order valence-corrected chi connectivity index (χ4v) is 3.63. The molecule has 1 aromatic heterocycles. The first-order valence-corrected chi connectivity index (χ1v) is 8.47. The summed E-state index contributed by atoms with van der Waals surface area (Å²) in [6.07, 6.45) is 8.72. The van der Waals surface area contributed by atoms with Crippen LogP contribution in [0.3, 0.4) is 0 Å². The smallest absolute Gasteiger partial charge is 0.316 e. The average Bonchev–Trinajstić information content (AvgIpc) is 2.56. The van der Waals surface area contributed by atoms with Gasteiger partial charge in [-0.15, -0.1) is 0 Å².